The van der Waals surface area contributed by atoms with Crippen LogP contribution in [0.15, 0.2) is 18.2 Å². The number of hydrogen-bond acceptors (Lipinski definition) is 3. The summed E-state index contributed by atoms with van der Waals surface area (Å²) in [4.78, 5) is 25.4. The zero-order valence-corrected chi connectivity index (χ0v) is 14.9. The first-order valence-electron chi connectivity index (χ1n) is 8.13. The SMILES string of the molecule is Cc1ccc(C(=O)Nc2sc3c(c2C(=O)O)CCC(C)C3)c(C)c1. The second-order valence-electron chi connectivity index (χ2n) is 6.63. The molecule has 24 heavy (non-hydrogen) atoms. The molecule has 1 atom stereocenters. The molecule has 4 nitrogen and oxygen atoms in total. The lowest BCUT2D eigenvalue weighted by Crippen LogP contribution is -2.16. The van der Waals surface area contributed by atoms with Crippen LogP contribution in [0.5, 0.6) is 0 Å². The summed E-state index contributed by atoms with van der Waals surface area (Å²) in [6.07, 6.45) is 2.66. The van der Waals surface area contributed by atoms with Gasteiger partial charge in [-0.25, -0.2) is 4.79 Å². The molecule has 1 aliphatic carbocycles. The van der Waals surface area contributed by atoms with Gasteiger partial charge < -0.3 is 10.4 Å². The Morgan fingerprint density at radius 3 is 2.71 bits per heavy atom. The van der Waals surface area contributed by atoms with Crippen LogP contribution in [-0.2, 0) is 12.8 Å². The van der Waals surface area contributed by atoms with Crippen molar-refractivity contribution in [2.75, 3.05) is 5.32 Å². The molecule has 0 saturated carbocycles. The Morgan fingerprint density at radius 2 is 2.04 bits per heavy atom. The van der Waals surface area contributed by atoms with Crippen LogP contribution in [-0.4, -0.2) is 17.0 Å². The molecule has 1 aromatic heterocycles. The largest absolute Gasteiger partial charge is 0.478 e. The first-order valence-corrected chi connectivity index (χ1v) is 8.95. The molecule has 126 valence electrons. The summed E-state index contributed by atoms with van der Waals surface area (Å²) in [5.74, 6) is -0.652. The van der Waals surface area contributed by atoms with Gasteiger partial charge in [0.05, 0.1) is 5.56 Å². The highest BCUT2D eigenvalue weighted by atomic mass is 32.1. The van der Waals surface area contributed by atoms with Gasteiger partial charge >= 0.3 is 5.97 Å². The highest BCUT2D eigenvalue weighted by molar-refractivity contribution is 7.17. The lowest BCUT2D eigenvalue weighted by molar-refractivity contribution is 0.0697. The minimum atomic E-state index is -0.960. The first kappa shape index (κ1) is 16.7. The molecule has 1 unspecified atom stereocenters. The van der Waals surface area contributed by atoms with Crippen molar-refractivity contribution in [1.82, 2.24) is 0 Å². The highest BCUT2D eigenvalue weighted by Gasteiger charge is 2.28. The van der Waals surface area contributed by atoms with Crippen molar-refractivity contribution < 1.29 is 14.7 Å². The number of benzene rings is 1. The minimum absolute atomic E-state index is 0.248. The second-order valence-corrected chi connectivity index (χ2v) is 7.74. The molecular weight excluding hydrogens is 322 g/mol. The predicted molar refractivity (Wildman–Crippen MR) is 96.3 cm³/mol. The van der Waals surface area contributed by atoms with E-state index in [2.05, 4.69) is 12.2 Å². The summed E-state index contributed by atoms with van der Waals surface area (Å²) in [6, 6.07) is 5.63. The van der Waals surface area contributed by atoms with E-state index in [0.29, 0.717) is 16.5 Å². The monoisotopic (exact) mass is 343 g/mol. The number of thiophene rings is 1. The lowest BCUT2D eigenvalue weighted by atomic mass is 9.88. The fourth-order valence-corrected chi connectivity index (χ4v) is 4.70. The summed E-state index contributed by atoms with van der Waals surface area (Å²) < 4.78 is 0. The van der Waals surface area contributed by atoms with Gasteiger partial charge in [0.15, 0.2) is 0 Å². The highest BCUT2D eigenvalue weighted by Crippen LogP contribution is 2.39. The van der Waals surface area contributed by atoms with Crippen LogP contribution in [0.4, 0.5) is 5.00 Å². The summed E-state index contributed by atoms with van der Waals surface area (Å²) in [7, 11) is 0. The van der Waals surface area contributed by atoms with Crippen molar-refractivity contribution in [3.8, 4) is 0 Å². The zero-order valence-electron chi connectivity index (χ0n) is 14.1. The van der Waals surface area contributed by atoms with Crippen molar-refractivity contribution in [2.45, 2.75) is 40.0 Å². The molecule has 1 amide bonds. The van der Waals surface area contributed by atoms with Crippen LogP contribution in [0.3, 0.4) is 0 Å². The number of fused-ring (bicyclic) bond motifs is 1. The average Bonchev–Trinajstić information content (AvgIpc) is 2.83. The van der Waals surface area contributed by atoms with Crippen molar-refractivity contribution in [3.05, 3.63) is 50.9 Å². The normalized spacial score (nSPS) is 16.5. The van der Waals surface area contributed by atoms with Crippen LogP contribution in [0, 0.1) is 19.8 Å². The van der Waals surface area contributed by atoms with E-state index >= 15 is 0 Å². The fraction of sp³-hybridized carbons (Fsp3) is 0.368. The molecule has 1 aromatic carbocycles. The number of carbonyl (C=O) groups is 2. The molecule has 1 aliphatic rings. The number of aromatic carboxylic acids is 1. The van der Waals surface area contributed by atoms with E-state index < -0.39 is 5.97 Å². The minimum Gasteiger partial charge on any atom is -0.478 e. The molecule has 2 aromatic rings. The molecule has 2 N–H and O–H groups in total. The number of anilines is 1. The molecule has 0 aliphatic heterocycles. The first-order chi connectivity index (χ1) is 11.4. The topological polar surface area (TPSA) is 66.4 Å². The quantitative estimate of drug-likeness (QED) is 0.866. The number of carboxylic acid groups (broad SMARTS) is 1. The Morgan fingerprint density at radius 1 is 1.29 bits per heavy atom. The van der Waals surface area contributed by atoms with Crippen LogP contribution in [0.2, 0.25) is 0 Å². The second kappa shape index (κ2) is 6.40. The molecule has 0 fully saturated rings. The standard InChI is InChI=1S/C19H21NO3S/c1-10-4-6-13(12(3)8-10)17(21)20-18-16(19(22)23)14-7-5-11(2)9-15(14)24-18/h4,6,8,11H,5,7,9H2,1-3H3,(H,20,21)(H,22,23). The zero-order chi connectivity index (χ0) is 17.4. The third kappa shape index (κ3) is 3.08. The number of aryl methyl sites for hydroxylation is 2. The smallest absolute Gasteiger partial charge is 0.339 e. The number of carboxylic acids is 1. The summed E-state index contributed by atoms with van der Waals surface area (Å²) in [5.41, 5.74) is 3.74. The van der Waals surface area contributed by atoms with E-state index in [1.807, 2.05) is 26.0 Å². The Labute approximate surface area is 145 Å². The van der Waals surface area contributed by atoms with Gasteiger partial charge in [-0.05, 0) is 56.2 Å². The Kier molecular flexibility index (Phi) is 4.45. The van der Waals surface area contributed by atoms with Crippen LogP contribution < -0.4 is 5.32 Å². The molecule has 5 heteroatoms. The predicted octanol–water partition coefficient (Wildman–Crippen LogP) is 4.44. The molecular formula is C19H21NO3S. The van der Waals surface area contributed by atoms with Crippen LogP contribution in [0.1, 0.15) is 55.6 Å². The van der Waals surface area contributed by atoms with Crippen molar-refractivity contribution in [3.63, 3.8) is 0 Å². The Hall–Kier alpha value is -2.14. The molecule has 0 bridgehead atoms. The molecule has 3 rings (SSSR count). The van der Waals surface area contributed by atoms with E-state index in [4.69, 9.17) is 0 Å². The maximum absolute atomic E-state index is 12.6. The van der Waals surface area contributed by atoms with Gasteiger partial charge in [0, 0.05) is 10.4 Å². The molecule has 1 heterocycles. The molecule has 0 spiro atoms. The summed E-state index contributed by atoms with van der Waals surface area (Å²) in [6.45, 7) is 6.05. The Bertz CT molecular complexity index is 822. The van der Waals surface area contributed by atoms with E-state index in [9.17, 15) is 14.7 Å². The van der Waals surface area contributed by atoms with Gasteiger partial charge in [-0.2, -0.15) is 0 Å². The maximum atomic E-state index is 12.6. The summed E-state index contributed by atoms with van der Waals surface area (Å²) in [5, 5.41) is 12.9. The van der Waals surface area contributed by atoms with Gasteiger partial charge in [-0.1, -0.05) is 24.6 Å². The number of carbonyl (C=O) groups excluding carboxylic acids is 1. The molecule has 0 saturated heterocycles. The van der Waals surface area contributed by atoms with E-state index in [1.54, 1.807) is 6.07 Å². The number of amides is 1. The Balaban J connectivity index is 1.95. The lowest BCUT2D eigenvalue weighted by Gasteiger charge is -2.17. The van der Waals surface area contributed by atoms with E-state index in [0.717, 1.165) is 40.8 Å². The summed E-state index contributed by atoms with van der Waals surface area (Å²) >= 11 is 1.41. The van der Waals surface area contributed by atoms with Crippen molar-refractivity contribution in [1.29, 1.82) is 0 Å². The van der Waals surface area contributed by atoms with Gasteiger partial charge in [0.1, 0.15) is 5.00 Å². The fourth-order valence-electron chi connectivity index (χ4n) is 3.30. The number of hydrogen-bond donors (Lipinski definition) is 2. The molecule has 0 radical (unpaired) electrons. The average molecular weight is 343 g/mol. The van der Waals surface area contributed by atoms with E-state index in [1.165, 1.54) is 11.3 Å². The van der Waals surface area contributed by atoms with Gasteiger partial charge in [-0.3, -0.25) is 4.79 Å². The third-order valence-electron chi connectivity index (χ3n) is 4.58. The van der Waals surface area contributed by atoms with Crippen LogP contribution >= 0.6 is 11.3 Å². The van der Waals surface area contributed by atoms with E-state index in [-0.39, 0.29) is 11.5 Å². The number of rotatable bonds is 3. The van der Waals surface area contributed by atoms with Gasteiger partial charge in [0.2, 0.25) is 0 Å². The third-order valence-corrected chi connectivity index (χ3v) is 5.75. The van der Waals surface area contributed by atoms with Crippen molar-refractivity contribution in [2.24, 2.45) is 5.92 Å². The number of nitrogens with one attached hydrogen (secondary N) is 1. The van der Waals surface area contributed by atoms with Gasteiger partial charge in [0.25, 0.3) is 5.91 Å². The van der Waals surface area contributed by atoms with Crippen LogP contribution in [0.25, 0.3) is 0 Å². The van der Waals surface area contributed by atoms with Crippen molar-refractivity contribution >= 4 is 28.2 Å². The maximum Gasteiger partial charge on any atom is 0.339 e. The van der Waals surface area contributed by atoms with Gasteiger partial charge in [-0.15, -0.1) is 11.3 Å².